The Balaban J connectivity index is 2.04. The number of aromatic nitrogens is 3. The van der Waals surface area contributed by atoms with Gasteiger partial charge in [0.15, 0.2) is 0 Å². The highest BCUT2D eigenvalue weighted by molar-refractivity contribution is 6.32. The molecule has 104 valence electrons. The number of anilines is 1. The van der Waals surface area contributed by atoms with Gasteiger partial charge in [-0.1, -0.05) is 25.4 Å². The van der Waals surface area contributed by atoms with Gasteiger partial charge in [-0.25, -0.2) is 9.67 Å². The maximum atomic E-state index is 8.83. The van der Waals surface area contributed by atoms with Crippen molar-refractivity contribution in [2.24, 2.45) is 5.92 Å². The number of hydrogen-bond acceptors (Lipinski definition) is 4. The van der Waals surface area contributed by atoms with Crippen LogP contribution in [0.15, 0.2) is 24.5 Å². The fourth-order valence-electron chi connectivity index (χ4n) is 1.82. The lowest BCUT2D eigenvalue weighted by Crippen LogP contribution is -2.13. The molecule has 2 aromatic rings. The summed E-state index contributed by atoms with van der Waals surface area (Å²) >= 11 is 5.99. The van der Waals surface area contributed by atoms with E-state index in [2.05, 4.69) is 29.2 Å². The van der Waals surface area contributed by atoms with E-state index in [1.165, 1.54) is 0 Å². The number of halogens is 1. The molecule has 6 heteroatoms. The van der Waals surface area contributed by atoms with Crippen LogP contribution < -0.4 is 5.32 Å². The van der Waals surface area contributed by atoms with Crippen LogP contribution in [0.1, 0.15) is 25.2 Å². The molecule has 0 saturated heterocycles. The zero-order chi connectivity index (χ0) is 14.5. The summed E-state index contributed by atoms with van der Waals surface area (Å²) in [6.45, 7) is 5.68. The number of rotatable bonds is 5. The molecule has 0 amide bonds. The highest BCUT2D eigenvalue weighted by Crippen LogP contribution is 2.20. The van der Waals surface area contributed by atoms with E-state index in [1.54, 1.807) is 18.5 Å². The highest BCUT2D eigenvalue weighted by Gasteiger charge is 2.07. The zero-order valence-corrected chi connectivity index (χ0v) is 12.2. The van der Waals surface area contributed by atoms with E-state index in [0.717, 1.165) is 18.1 Å². The second-order valence-corrected chi connectivity index (χ2v) is 5.32. The Kier molecular flexibility index (Phi) is 4.59. The number of nitrogens with zero attached hydrogens (tertiary/aromatic N) is 4. The third-order valence-electron chi connectivity index (χ3n) is 2.77. The van der Waals surface area contributed by atoms with Gasteiger partial charge in [-0.15, -0.1) is 0 Å². The third kappa shape index (κ3) is 3.49. The van der Waals surface area contributed by atoms with Gasteiger partial charge in [0, 0.05) is 12.2 Å². The average molecular weight is 290 g/mol. The molecule has 0 aliphatic carbocycles. The van der Waals surface area contributed by atoms with Gasteiger partial charge in [0.25, 0.3) is 0 Å². The van der Waals surface area contributed by atoms with Crippen molar-refractivity contribution < 1.29 is 0 Å². The SMILES string of the molecule is CC(C)Cn1ncnc1CNc1ccc(C#N)c(Cl)c1. The lowest BCUT2D eigenvalue weighted by atomic mass is 10.2. The summed E-state index contributed by atoms with van der Waals surface area (Å²) in [4.78, 5) is 4.24. The van der Waals surface area contributed by atoms with E-state index < -0.39 is 0 Å². The van der Waals surface area contributed by atoms with E-state index in [4.69, 9.17) is 16.9 Å². The predicted molar refractivity (Wildman–Crippen MR) is 78.4 cm³/mol. The number of nitrogens with one attached hydrogen (secondary N) is 1. The molecule has 0 bridgehead atoms. The molecular formula is C14H16ClN5. The molecule has 0 fully saturated rings. The predicted octanol–water partition coefficient (Wildman–Crippen LogP) is 3.07. The summed E-state index contributed by atoms with van der Waals surface area (Å²) in [5.74, 6) is 1.39. The minimum Gasteiger partial charge on any atom is -0.378 e. The molecule has 0 aliphatic heterocycles. The average Bonchev–Trinajstić information content (AvgIpc) is 2.83. The van der Waals surface area contributed by atoms with Crippen molar-refractivity contribution in [2.45, 2.75) is 26.9 Å². The second-order valence-electron chi connectivity index (χ2n) is 4.91. The number of benzene rings is 1. The van der Waals surface area contributed by atoms with Gasteiger partial charge in [0.1, 0.15) is 18.2 Å². The largest absolute Gasteiger partial charge is 0.378 e. The van der Waals surface area contributed by atoms with Gasteiger partial charge in [-0.3, -0.25) is 0 Å². The summed E-state index contributed by atoms with van der Waals surface area (Å²) in [7, 11) is 0. The first kappa shape index (κ1) is 14.4. The van der Waals surface area contributed by atoms with Gasteiger partial charge < -0.3 is 5.32 Å². The molecule has 0 atom stereocenters. The van der Waals surface area contributed by atoms with Crippen molar-refractivity contribution in [3.05, 3.63) is 40.9 Å². The van der Waals surface area contributed by atoms with Crippen LogP contribution in [0.2, 0.25) is 5.02 Å². The van der Waals surface area contributed by atoms with E-state index in [0.29, 0.717) is 23.0 Å². The molecule has 0 radical (unpaired) electrons. The summed E-state index contributed by atoms with van der Waals surface area (Å²) in [6.07, 6.45) is 1.56. The first-order valence-corrected chi connectivity index (χ1v) is 6.78. The van der Waals surface area contributed by atoms with E-state index in [1.807, 2.05) is 16.8 Å². The quantitative estimate of drug-likeness (QED) is 0.918. The van der Waals surface area contributed by atoms with Crippen molar-refractivity contribution in [2.75, 3.05) is 5.32 Å². The molecule has 1 heterocycles. The number of hydrogen-bond donors (Lipinski definition) is 1. The van der Waals surface area contributed by atoms with Gasteiger partial charge in [0.2, 0.25) is 0 Å². The van der Waals surface area contributed by atoms with Gasteiger partial charge in [-0.05, 0) is 24.1 Å². The fourth-order valence-corrected chi connectivity index (χ4v) is 2.04. The first-order chi connectivity index (χ1) is 9.60. The van der Waals surface area contributed by atoms with Crippen LogP contribution in [0.3, 0.4) is 0 Å². The summed E-state index contributed by atoms with van der Waals surface area (Å²) in [5, 5.41) is 16.7. The van der Waals surface area contributed by atoms with Gasteiger partial charge >= 0.3 is 0 Å². The Labute approximate surface area is 123 Å². The Morgan fingerprint density at radius 2 is 2.25 bits per heavy atom. The maximum absolute atomic E-state index is 8.83. The van der Waals surface area contributed by atoms with Crippen molar-refractivity contribution in [1.29, 1.82) is 5.26 Å². The summed E-state index contributed by atoms with van der Waals surface area (Å²) in [6, 6.07) is 7.30. The first-order valence-electron chi connectivity index (χ1n) is 6.40. The minimum absolute atomic E-state index is 0.446. The van der Waals surface area contributed by atoms with Crippen LogP contribution in [-0.4, -0.2) is 14.8 Å². The molecule has 1 N–H and O–H groups in total. The Morgan fingerprint density at radius 3 is 2.90 bits per heavy atom. The van der Waals surface area contributed by atoms with E-state index >= 15 is 0 Å². The Hall–Kier alpha value is -2.06. The van der Waals surface area contributed by atoms with Crippen molar-refractivity contribution in [3.8, 4) is 6.07 Å². The molecule has 20 heavy (non-hydrogen) atoms. The monoisotopic (exact) mass is 289 g/mol. The number of nitriles is 1. The van der Waals surface area contributed by atoms with Crippen molar-refractivity contribution >= 4 is 17.3 Å². The van der Waals surface area contributed by atoms with Crippen LogP contribution in [0.25, 0.3) is 0 Å². The molecule has 1 aromatic heterocycles. The summed E-state index contributed by atoms with van der Waals surface area (Å²) in [5.41, 5.74) is 1.33. The van der Waals surface area contributed by atoms with Crippen molar-refractivity contribution in [3.63, 3.8) is 0 Å². The molecular weight excluding hydrogens is 274 g/mol. The minimum atomic E-state index is 0.446. The zero-order valence-electron chi connectivity index (χ0n) is 11.5. The molecule has 0 aliphatic rings. The molecule has 1 aromatic carbocycles. The van der Waals surface area contributed by atoms with Gasteiger partial charge in [-0.2, -0.15) is 10.4 Å². The molecule has 5 nitrogen and oxygen atoms in total. The van der Waals surface area contributed by atoms with Crippen LogP contribution >= 0.6 is 11.6 Å². The Bertz CT molecular complexity index is 627. The van der Waals surface area contributed by atoms with Gasteiger partial charge in [0.05, 0.1) is 17.1 Å². The fraction of sp³-hybridized carbons (Fsp3) is 0.357. The second kappa shape index (κ2) is 6.40. The topological polar surface area (TPSA) is 66.5 Å². The molecule has 0 saturated carbocycles. The standard InChI is InChI=1S/C14H16ClN5/c1-10(2)8-20-14(18-9-19-20)7-17-12-4-3-11(6-16)13(15)5-12/h3-5,9-10,17H,7-8H2,1-2H3. The van der Waals surface area contributed by atoms with Crippen LogP contribution in [0.5, 0.6) is 0 Å². The lowest BCUT2D eigenvalue weighted by Gasteiger charge is -2.10. The van der Waals surface area contributed by atoms with Crippen LogP contribution in [0, 0.1) is 17.2 Å². The smallest absolute Gasteiger partial charge is 0.146 e. The lowest BCUT2D eigenvalue weighted by molar-refractivity contribution is 0.468. The molecule has 0 spiro atoms. The van der Waals surface area contributed by atoms with Crippen LogP contribution in [0.4, 0.5) is 5.69 Å². The highest BCUT2D eigenvalue weighted by atomic mass is 35.5. The summed E-state index contributed by atoms with van der Waals surface area (Å²) < 4.78 is 1.89. The Morgan fingerprint density at radius 1 is 1.45 bits per heavy atom. The van der Waals surface area contributed by atoms with Crippen molar-refractivity contribution in [1.82, 2.24) is 14.8 Å². The normalized spacial score (nSPS) is 10.6. The maximum Gasteiger partial charge on any atom is 0.146 e. The van der Waals surface area contributed by atoms with E-state index in [9.17, 15) is 0 Å². The van der Waals surface area contributed by atoms with Crippen LogP contribution in [-0.2, 0) is 13.1 Å². The van der Waals surface area contributed by atoms with E-state index in [-0.39, 0.29) is 0 Å². The third-order valence-corrected chi connectivity index (χ3v) is 3.09. The molecule has 2 rings (SSSR count). The molecule has 0 unspecified atom stereocenters.